The molecule has 110 valence electrons. The number of benzene rings is 1. The number of amides is 2. The van der Waals surface area contributed by atoms with Crippen LogP contribution in [0.3, 0.4) is 0 Å². The summed E-state index contributed by atoms with van der Waals surface area (Å²) in [6.45, 7) is 1.88. The Labute approximate surface area is 126 Å². The minimum absolute atomic E-state index is 0.0299. The zero-order valence-electron chi connectivity index (χ0n) is 11.4. The van der Waals surface area contributed by atoms with E-state index in [1.807, 2.05) is 13.0 Å². The van der Waals surface area contributed by atoms with Crippen LogP contribution >= 0.6 is 15.9 Å². The average Bonchev–Trinajstić information content (AvgIpc) is 2.44. The largest absolute Gasteiger partial charge is 0.396 e. The number of carbonyl (C=O) groups is 2. The Morgan fingerprint density at radius 1 is 1.35 bits per heavy atom. The van der Waals surface area contributed by atoms with E-state index in [0.29, 0.717) is 16.5 Å². The van der Waals surface area contributed by atoms with E-state index in [2.05, 4.69) is 26.6 Å². The number of hydrogen-bond acceptors (Lipinski definition) is 3. The summed E-state index contributed by atoms with van der Waals surface area (Å²) < 4.78 is 0.685. The number of aliphatic hydroxyl groups is 1. The van der Waals surface area contributed by atoms with Crippen molar-refractivity contribution in [1.82, 2.24) is 10.6 Å². The van der Waals surface area contributed by atoms with Crippen LogP contribution in [0.2, 0.25) is 0 Å². The molecule has 0 saturated heterocycles. The third-order valence-electron chi connectivity index (χ3n) is 2.86. The summed E-state index contributed by atoms with van der Waals surface area (Å²) in [7, 11) is 0. The standard InChI is InChI=1S/C14H19BrN2O3/c1-2-10(7-8-18)17-13(19)9-16-14(20)11-5-3-4-6-12(11)15/h3-6,10,18H,2,7-9H2,1H3,(H,16,20)(H,17,19). The maximum atomic E-state index is 11.9. The SMILES string of the molecule is CCC(CCO)NC(=O)CNC(=O)c1ccccc1Br. The predicted octanol–water partition coefficient (Wildman–Crippen LogP) is 1.46. The monoisotopic (exact) mass is 342 g/mol. The summed E-state index contributed by atoms with van der Waals surface area (Å²) in [6.07, 6.45) is 1.25. The molecule has 2 amide bonds. The number of nitrogens with one attached hydrogen (secondary N) is 2. The van der Waals surface area contributed by atoms with Gasteiger partial charge in [0.1, 0.15) is 0 Å². The molecular weight excluding hydrogens is 324 g/mol. The van der Waals surface area contributed by atoms with Crippen molar-refractivity contribution in [2.45, 2.75) is 25.8 Å². The predicted molar refractivity (Wildman–Crippen MR) is 80.4 cm³/mol. The number of halogens is 1. The molecule has 5 nitrogen and oxygen atoms in total. The third kappa shape index (κ3) is 5.30. The summed E-state index contributed by atoms with van der Waals surface area (Å²) in [6, 6.07) is 6.96. The van der Waals surface area contributed by atoms with Gasteiger partial charge in [-0.25, -0.2) is 0 Å². The van der Waals surface area contributed by atoms with Crippen molar-refractivity contribution < 1.29 is 14.7 Å². The molecule has 1 atom stereocenters. The van der Waals surface area contributed by atoms with E-state index in [0.717, 1.165) is 6.42 Å². The molecule has 0 radical (unpaired) electrons. The van der Waals surface area contributed by atoms with Gasteiger partial charge in [-0.1, -0.05) is 19.1 Å². The van der Waals surface area contributed by atoms with E-state index in [4.69, 9.17) is 5.11 Å². The molecule has 0 aliphatic carbocycles. The van der Waals surface area contributed by atoms with Crippen LogP contribution in [-0.2, 0) is 4.79 Å². The van der Waals surface area contributed by atoms with E-state index in [9.17, 15) is 9.59 Å². The third-order valence-corrected chi connectivity index (χ3v) is 3.55. The highest BCUT2D eigenvalue weighted by molar-refractivity contribution is 9.10. The first kappa shape index (κ1) is 16.7. The fraction of sp³-hybridized carbons (Fsp3) is 0.429. The lowest BCUT2D eigenvalue weighted by Gasteiger charge is -2.16. The van der Waals surface area contributed by atoms with Crippen LogP contribution in [0.5, 0.6) is 0 Å². The van der Waals surface area contributed by atoms with Crippen molar-refractivity contribution in [3.05, 3.63) is 34.3 Å². The Bertz CT molecular complexity index is 465. The number of carbonyl (C=O) groups excluding carboxylic acids is 2. The van der Waals surface area contributed by atoms with E-state index in [1.165, 1.54) is 0 Å². The summed E-state index contributed by atoms with van der Waals surface area (Å²) in [4.78, 5) is 23.6. The van der Waals surface area contributed by atoms with Gasteiger partial charge in [-0.3, -0.25) is 9.59 Å². The molecule has 0 fully saturated rings. The van der Waals surface area contributed by atoms with Crippen molar-refractivity contribution in [3.8, 4) is 0 Å². The fourth-order valence-electron chi connectivity index (χ4n) is 1.71. The molecule has 1 aromatic rings. The highest BCUT2D eigenvalue weighted by atomic mass is 79.9. The Balaban J connectivity index is 2.45. The average molecular weight is 343 g/mol. The lowest BCUT2D eigenvalue weighted by Crippen LogP contribution is -2.42. The molecule has 0 aliphatic rings. The molecule has 6 heteroatoms. The fourth-order valence-corrected chi connectivity index (χ4v) is 2.18. The second-order valence-electron chi connectivity index (χ2n) is 4.35. The highest BCUT2D eigenvalue weighted by Crippen LogP contribution is 2.15. The van der Waals surface area contributed by atoms with Crippen LogP contribution in [0, 0.1) is 0 Å². The van der Waals surface area contributed by atoms with Gasteiger partial charge in [0, 0.05) is 17.1 Å². The zero-order chi connectivity index (χ0) is 15.0. The molecule has 0 aromatic heterocycles. The number of hydrogen-bond donors (Lipinski definition) is 3. The Kier molecular flexibility index (Phi) is 7.25. The van der Waals surface area contributed by atoms with Gasteiger partial charge in [-0.05, 0) is 40.9 Å². The van der Waals surface area contributed by atoms with E-state index in [1.54, 1.807) is 18.2 Å². The molecule has 0 heterocycles. The van der Waals surface area contributed by atoms with E-state index < -0.39 is 0 Å². The normalized spacial score (nSPS) is 11.8. The molecule has 20 heavy (non-hydrogen) atoms. The lowest BCUT2D eigenvalue weighted by atomic mass is 10.1. The second kappa shape index (κ2) is 8.71. The molecule has 3 N–H and O–H groups in total. The molecular formula is C14H19BrN2O3. The van der Waals surface area contributed by atoms with Gasteiger partial charge in [0.2, 0.25) is 5.91 Å². The molecule has 0 saturated carbocycles. The Hall–Kier alpha value is -1.40. The second-order valence-corrected chi connectivity index (χ2v) is 5.20. The Morgan fingerprint density at radius 2 is 2.05 bits per heavy atom. The lowest BCUT2D eigenvalue weighted by molar-refractivity contribution is -0.120. The summed E-state index contributed by atoms with van der Waals surface area (Å²) >= 11 is 3.29. The van der Waals surface area contributed by atoms with Crippen molar-refractivity contribution in [3.63, 3.8) is 0 Å². The van der Waals surface area contributed by atoms with Crippen molar-refractivity contribution >= 4 is 27.7 Å². The first-order valence-electron chi connectivity index (χ1n) is 6.51. The molecule has 0 aliphatic heterocycles. The first-order valence-corrected chi connectivity index (χ1v) is 7.30. The number of rotatable bonds is 7. The van der Waals surface area contributed by atoms with Gasteiger partial charge in [-0.2, -0.15) is 0 Å². The van der Waals surface area contributed by atoms with Crippen molar-refractivity contribution in [1.29, 1.82) is 0 Å². The van der Waals surface area contributed by atoms with Crippen LogP contribution in [-0.4, -0.2) is 36.1 Å². The minimum Gasteiger partial charge on any atom is -0.396 e. The summed E-state index contributed by atoms with van der Waals surface area (Å²) in [5, 5.41) is 14.2. The maximum absolute atomic E-state index is 11.9. The van der Waals surface area contributed by atoms with E-state index >= 15 is 0 Å². The molecule has 1 unspecified atom stereocenters. The zero-order valence-corrected chi connectivity index (χ0v) is 12.9. The first-order chi connectivity index (χ1) is 9.58. The van der Waals surface area contributed by atoms with Crippen molar-refractivity contribution in [2.24, 2.45) is 0 Å². The van der Waals surface area contributed by atoms with Crippen LogP contribution in [0.15, 0.2) is 28.7 Å². The van der Waals surface area contributed by atoms with E-state index in [-0.39, 0.29) is 31.0 Å². The van der Waals surface area contributed by atoms with Gasteiger partial charge in [0.15, 0.2) is 0 Å². The van der Waals surface area contributed by atoms with Crippen molar-refractivity contribution in [2.75, 3.05) is 13.2 Å². The van der Waals surface area contributed by atoms with Crippen LogP contribution in [0.1, 0.15) is 30.1 Å². The maximum Gasteiger partial charge on any atom is 0.252 e. The smallest absolute Gasteiger partial charge is 0.252 e. The van der Waals surface area contributed by atoms with Gasteiger partial charge in [0.05, 0.1) is 12.1 Å². The highest BCUT2D eigenvalue weighted by Gasteiger charge is 2.13. The molecule has 0 spiro atoms. The summed E-state index contributed by atoms with van der Waals surface area (Å²) in [5.41, 5.74) is 0.489. The van der Waals surface area contributed by atoms with Crippen LogP contribution in [0.25, 0.3) is 0 Å². The Morgan fingerprint density at radius 3 is 2.65 bits per heavy atom. The van der Waals surface area contributed by atoms with Gasteiger partial charge in [-0.15, -0.1) is 0 Å². The minimum atomic E-state index is -0.303. The van der Waals surface area contributed by atoms with Gasteiger partial charge in [0.25, 0.3) is 5.91 Å². The molecule has 1 rings (SSSR count). The molecule has 0 bridgehead atoms. The van der Waals surface area contributed by atoms with Gasteiger partial charge < -0.3 is 15.7 Å². The van der Waals surface area contributed by atoms with Crippen LogP contribution in [0.4, 0.5) is 0 Å². The molecule has 1 aromatic carbocycles. The van der Waals surface area contributed by atoms with Crippen LogP contribution < -0.4 is 10.6 Å². The topological polar surface area (TPSA) is 78.4 Å². The quantitative estimate of drug-likeness (QED) is 0.701. The summed E-state index contributed by atoms with van der Waals surface area (Å²) in [5.74, 6) is -0.562. The number of aliphatic hydroxyl groups excluding tert-OH is 1. The van der Waals surface area contributed by atoms with Gasteiger partial charge >= 0.3 is 0 Å².